The Labute approximate surface area is 431 Å². The van der Waals surface area contributed by atoms with Crippen LogP contribution in [-0.4, -0.2) is 9.55 Å². The molecular weight excluding hydrogens is 1040 g/mol. The van der Waals surface area contributed by atoms with Crippen LogP contribution in [0.4, 0.5) is 45.8 Å². The number of anilines is 8. The van der Waals surface area contributed by atoms with E-state index in [1.54, 1.807) is 0 Å². The summed E-state index contributed by atoms with van der Waals surface area (Å²) in [6.45, 7) is 16.6. The summed E-state index contributed by atoms with van der Waals surface area (Å²) >= 11 is 0. The molecule has 0 amide bonds. The topological polar surface area (TPSA) is 43.7 Å². The Morgan fingerprint density at radius 2 is 0.623 bits per heavy atom. The SMILES string of the molecule is Cc1ccc(N2C=CN(c3[c-]c4c(cc3)c3ccc(N5C=CN(c6ccc(C)cc6)[CH-]5)[c-]c3n4-c3[c-]c(N4C=CN(c5ccc(C)cc5)[CH-]4)nc(N4C=CN(c5ccc(C)cc5)[CH-]4)[c-]3)[CH-]2)cc1.[Pd].[Pd]. The minimum atomic E-state index is 0. The maximum atomic E-state index is 5.23. The molecule has 0 radical (unpaired) electrons. The molecule has 0 spiro atoms. The first-order valence-corrected chi connectivity index (χ1v) is 22.2. The number of hydrogen-bond donors (Lipinski definition) is 0. The van der Waals surface area contributed by atoms with Gasteiger partial charge >= 0.3 is 0 Å². The number of hydrogen-bond acceptors (Lipinski definition) is 9. The summed E-state index contributed by atoms with van der Waals surface area (Å²) in [5.74, 6) is 1.20. The quantitative estimate of drug-likeness (QED) is 0.104. The number of aromatic nitrogens is 2. The maximum Gasteiger partial charge on any atom is 0.0124 e. The number of benzene rings is 6. The number of rotatable bonds is 9. The van der Waals surface area contributed by atoms with Crippen LogP contribution in [0.15, 0.2) is 171 Å². The van der Waals surface area contributed by atoms with E-state index in [4.69, 9.17) is 4.98 Å². The van der Waals surface area contributed by atoms with Crippen molar-refractivity contribution >= 4 is 67.6 Å². The Hall–Kier alpha value is -7.05. The second kappa shape index (κ2) is 18.8. The Morgan fingerprint density at radius 3 is 0.957 bits per heavy atom. The van der Waals surface area contributed by atoms with Crippen LogP contribution in [0, 0.1) is 78.6 Å². The first-order chi connectivity index (χ1) is 32.8. The predicted octanol–water partition coefficient (Wildman–Crippen LogP) is 12.3. The zero-order chi connectivity index (χ0) is 45.2. The van der Waals surface area contributed by atoms with E-state index >= 15 is 0 Å². The first kappa shape index (κ1) is 45.7. The van der Waals surface area contributed by atoms with Crippen molar-refractivity contribution in [2.75, 3.05) is 39.2 Å². The molecule has 0 saturated heterocycles. The van der Waals surface area contributed by atoms with Crippen molar-refractivity contribution in [2.45, 2.75) is 27.7 Å². The molecule has 4 aliphatic heterocycles. The van der Waals surface area contributed by atoms with E-state index in [-0.39, 0.29) is 40.8 Å². The van der Waals surface area contributed by atoms with Gasteiger partial charge in [0.25, 0.3) is 0 Å². The molecule has 6 heterocycles. The average Bonchev–Trinajstić information content (AvgIpc) is 4.22. The zero-order valence-electron chi connectivity index (χ0n) is 38.1. The van der Waals surface area contributed by atoms with Crippen molar-refractivity contribution in [2.24, 2.45) is 0 Å². The van der Waals surface area contributed by atoms with E-state index in [0.717, 1.165) is 55.9 Å². The van der Waals surface area contributed by atoms with Crippen LogP contribution in [0.25, 0.3) is 27.5 Å². The molecule has 350 valence electrons. The van der Waals surface area contributed by atoms with Gasteiger partial charge in [-0.3, -0.25) is 4.98 Å². The molecule has 6 aromatic carbocycles. The van der Waals surface area contributed by atoms with Crippen LogP contribution in [0.2, 0.25) is 0 Å². The van der Waals surface area contributed by atoms with Crippen LogP contribution in [0.5, 0.6) is 0 Å². The molecule has 0 aliphatic carbocycles. The monoisotopic (exact) mass is 1080 g/mol. The summed E-state index contributed by atoms with van der Waals surface area (Å²) in [4.78, 5) is 21.9. The minimum absolute atomic E-state index is 0. The molecule has 10 nitrogen and oxygen atoms in total. The maximum absolute atomic E-state index is 5.23. The molecule has 0 unspecified atom stereocenters. The Kier molecular flexibility index (Phi) is 12.5. The van der Waals surface area contributed by atoms with Crippen LogP contribution >= 0.6 is 0 Å². The van der Waals surface area contributed by atoms with Crippen LogP contribution < -0.4 is 39.2 Å². The fraction of sp³-hybridized carbons (Fsp3) is 0.0702. The van der Waals surface area contributed by atoms with Gasteiger partial charge in [0.2, 0.25) is 0 Å². The van der Waals surface area contributed by atoms with Gasteiger partial charge in [-0.2, -0.15) is 35.0 Å². The van der Waals surface area contributed by atoms with Gasteiger partial charge in [0.15, 0.2) is 0 Å². The van der Waals surface area contributed by atoms with Crippen molar-refractivity contribution in [3.63, 3.8) is 0 Å². The molecule has 2 aromatic heterocycles. The Bertz CT molecular complexity index is 3070. The van der Waals surface area contributed by atoms with Crippen molar-refractivity contribution in [3.05, 3.63) is 244 Å². The summed E-state index contributed by atoms with van der Waals surface area (Å²) in [6, 6.07) is 57.8. The molecule has 0 atom stereocenters. The van der Waals surface area contributed by atoms with Gasteiger partial charge < -0.3 is 61.6 Å². The van der Waals surface area contributed by atoms with Gasteiger partial charge in [-0.1, -0.05) is 93.5 Å². The molecular formula is C57H44N10Pd2-8. The van der Waals surface area contributed by atoms with E-state index in [0.29, 0.717) is 17.3 Å². The molecule has 0 N–H and O–H groups in total. The molecule has 69 heavy (non-hydrogen) atoms. The summed E-state index contributed by atoms with van der Waals surface area (Å²) in [7, 11) is 0. The summed E-state index contributed by atoms with van der Waals surface area (Å²) < 4.78 is 2.18. The number of pyridine rings is 1. The van der Waals surface area contributed by atoms with Crippen molar-refractivity contribution in [1.82, 2.24) is 9.55 Å². The third-order valence-electron chi connectivity index (χ3n) is 12.4. The van der Waals surface area contributed by atoms with E-state index in [1.807, 2.05) is 47.9 Å². The largest absolute Gasteiger partial charge is 0.500 e. The van der Waals surface area contributed by atoms with E-state index in [1.165, 1.54) is 22.3 Å². The third-order valence-corrected chi connectivity index (χ3v) is 12.4. The molecule has 8 aromatic rings. The van der Waals surface area contributed by atoms with Gasteiger partial charge in [0.1, 0.15) is 0 Å². The van der Waals surface area contributed by atoms with Crippen LogP contribution in [-0.2, 0) is 40.8 Å². The normalized spacial score (nSPS) is 15.2. The summed E-state index contributed by atoms with van der Waals surface area (Å²) in [6.07, 6.45) is 16.4. The second-order valence-electron chi connectivity index (χ2n) is 17.2. The summed E-state index contributed by atoms with van der Waals surface area (Å²) in [5, 5.41) is 2.06. The molecule has 4 aliphatic rings. The minimum Gasteiger partial charge on any atom is -0.500 e. The van der Waals surface area contributed by atoms with E-state index in [2.05, 4.69) is 245 Å². The van der Waals surface area contributed by atoms with E-state index < -0.39 is 0 Å². The Morgan fingerprint density at radius 1 is 0.333 bits per heavy atom. The smallest absolute Gasteiger partial charge is 0.0124 e. The van der Waals surface area contributed by atoms with Crippen LogP contribution in [0.3, 0.4) is 0 Å². The molecule has 0 bridgehead atoms. The van der Waals surface area contributed by atoms with Crippen molar-refractivity contribution in [3.8, 4) is 5.69 Å². The Balaban J connectivity index is 0.00000277. The molecule has 0 saturated carbocycles. The first-order valence-electron chi connectivity index (χ1n) is 22.2. The van der Waals surface area contributed by atoms with E-state index in [9.17, 15) is 0 Å². The number of nitrogens with zero attached hydrogens (tertiary/aromatic N) is 10. The number of fused-ring (bicyclic) bond motifs is 3. The van der Waals surface area contributed by atoms with Crippen molar-refractivity contribution in [1.29, 1.82) is 0 Å². The van der Waals surface area contributed by atoms with Crippen LogP contribution in [0.1, 0.15) is 22.3 Å². The average molecular weight is 1080 g/mol. The second-order valence-corrected chi connectivity index (χ2v) is 17.2. The number of aryl methyl sites for hydroxylation is 4. The van der Waals surface area contributed by atoms with Gasteiger partial charge in [0.05, 0.1) is 0 Å². The van der Waals surface area contributed by atoms with Gasteiger partial charge in [-0.05, 0) is 126 Å². The fourth-order valence-electron chi connectivity index (χ4n) is 8.56. The van der Waals surface area contributed by atoms with Crippen molar-refractivity contribution < 1.29 is 40.8 Å². The summed E-state index contributed by atoms with van der Waals surface area (Å²) in [5.41, 5.74) is 13.3. The third kappa shape index (κ3) is 8.82. The standard InChI is InChI=1S/C57H44N10.2Pd/c1-41-5-13-45(14-6-41)59-25-27-63(37-59)49-21-23-52-53-24-22-50(64-28-26-60(38-64)46-15-7-42(2)8-16-46)34-55(53)67(54(52)33-49)51-35-56(65-31-29-61(39-65)47-17-9-43(3)10-18-47)58-57(36-51)66-32-30-62(40-66)48-19-11-44(4)12-20-48;;/h5-32,37-40H,1-4H3;;/q-8;;. The van der Waals surface area contributed by atoms with Gasteiger partial charge in [0, 0.05) is 63.6 Å². The zero-order valence-corrected chi connectivity index (χ0v) is 41.2. The predicted molar refractivity (Wildman–Crippen MR) is 272 cm³/mol. The molecule has 12 rings (SSSR count). The van der Waals surface area contributed by atoms with Gasteiger partial charge in [-0.25, -0.2) is 0 Å². The molecule has 12 heteroatoms. The van der Waals surface area contributed by atoms with Gasteiger partial charge in [-0.15, -0.1) is 50.2 Å². The molecule has 0 fully saturated rings. The fourth-order valence-corrected chi connectivity index (χ4v) is 8.56.